The smallest absolute Gasteiger partial charge is 0.224 e. The topological polar surface area (TPSA) is 75.6 Å². The van der Waals surface area contributed by atoms with Gasteiger partial charge in [-0.25, -0.2) is 4.98 Å². The van der Waals surface area contributed by atoms with Gasteiger partial charge in [0.15, 0.2) is 0 Å². The summed E-state index contributed by atoms with van der Waals surface area (Å²) in [5.74, 6) is 0.843. The van der Waals surface area contributed by atoms with E-state index < -0.39 is 0 Å². The van der Waals surface area contributed by atoms with Gasteiger partial charge in [-0.2, -0.15) is 5.10 Å². The molecule has 0 fully saturated rings. The zero-order chi connectivity index (χ0) is 19.8. The largest absolute Gasteiger partial charge is 0.497 e. The summed E-state index contributed by atoms with van der Waals surface area (Å²) in [4.78, 5) is 16.2. The predicted molar refractivity (Wildman–Crippen MR) is 115 cm³/mol. The van der Waals surface area contributed by atoms with Gasteiger partial charge >= 0.3 is 0 Å². The lowest BCUT2D eigenvalue weighted by Crippen LogP contribution is -2.10. The summed E-state index contributed by atoms with van der Waals surface area (Å²) in [6, 6.07) is 15.3. The lowest BCUT2D eigenvalue weighted by molar-refractivity contribution is -0.116. The molecular formula is C21H22N4O2S. The fraction of sp³-hybridized carbons (Fsp3) is 0.190. The van der Waals surface area contributed by atoms with Crippen molar-refractivity contribution in [2.24, 2.45) is 5.10 Å². The number of thiazole rings is 1. The van der Waals surface area contributed by atoms with Crippen LogP contribution in [-0.4, -0.2) is 24.2 Å². The van der Waals surface area contributed by atoms with Crippen LogP contribution in [-0.2, 0) is 4.79 Å². The zero-order valence-corrected chi connectivity index (χ0v) is 16.6. The Morgan fingerprint density at radius 2 is 1.93 bits per heavy atom. The van der Waals surface area contributed by atoms with Crippen molar-refractivity contribution in [2.75, 3.05) is 17.9 Å². The Labute approximate surface area is 168 Å². The zero-order valence-electron chi connectivity index (χ0n) is 15.8. The number of hydrogen-bond donors (Lipinski definition) is 2. The number of hydrogen-bond acceptors (Lipinski definition) is 6. The summed E-state index contributed by atoms with van der Waals surface area (Å²) >= 11 is 1.48. The number of nitrogens with one attached hydrogen (secondary N) is 2. The van der Waals surface area contributed by atoms with Crippen molar-refractivity contribution in [3.8, 4) is 17.0 Å². The minimum atomic E-state index is 0.0325. The fourth-order valence-electron chi connectivity index (χ4n) is 2.48. The first-order chi connectivity index (χ1) is 13.7. The van der Waals surface area contributed by atoms with Gasteiger partial charge in [-0.1, -0.05) is 19.1 Å². The predicted octanol–water partition coefficient (Wildman–Crippen LogP) is 5.00. The molecule has 0 saturated carbocycles. The average Bonchev–Trinajstić information content (AvgIpc) is 3.18. The molecule has 2 aromatic carbocycles. The van der Waals surface area contributed by atoms with Crippen molar-refractivity contribution in [3.63, 3.8) is 0 Å². The normalized spacial score (nSPS) is 10.8. The Balaban J connectivity index is 1.58. The Morgan fingerprint density at radius 3 is 2.61 bits per heavy atom. The molecule has 1 amide bonds. The van der Waals surface area contributed by atoms with E-state index in [1.165, 1.54) is 11.3 Å². The number of hydrazone groups is 1. The third-order valence-corrected chi connectivity index (χ3v) is 4.68. The summed E-state index contributed by atoms with van der Waals surface area (Å²) in [7, 11) is 1.64. The van der Waals surface area contributed by atoms with Crippen molar-refractivity contribution in [2.45, 2.75) is 19.8 Å². The maximum absolute atomic E-state index is 11.7. The van der Waals surface area contributed by atoms with E-state index in [2.05, 4.69) is 20.8 Å². The van der Waals surface area contributed by atoms with E-state index in [1.54, 1.807) is 13.3 Å². The van der Waals surface area contributed by atoms with Crippen LogP contribution in [0.2, 0.25) is 0 Å². The molecule has 0 bridgehead atoms. The molecule has 2 N–H and O–H groups in total. The van der Waals surface area contributed by atoms with Crippen LogP contribution in [0, 0.1) is 0 Å². The lowest BCUT2D eigenvalue weighted by atomic mass is 10.1. The van der Waals surface area contributed by atoms with Crippen molar-refractivity contribution in [1.82, 2.24) is 4.98 Å². The SMILES string of the molecule is CCCC(=O)Nc1ccc(-c2csc(N/N=C\c3ccc(OC)cc3)n2)cc1. The van der Waals surface area contributed by atoms with E-state index in [-0.39, 0.29) is 5.91 Å². The molecular weight excluding hydrogens is 372 g/mol. The summed E-state index contributed by atoms with van der Waals surface area (Å²) in [6.45, 7) is 1.98. The minimum Gasteiger partial charge on any atom is -0.497 e. The molecule has 1 aromatic heterocycles. The number of carbonyl (C=O) groups excluding carboxylic acids is 1. The van der Waals surface area contributed by atoms with E-state index in [0.29, 0.717) is 11.6 Å². The second-order valence-electron chi connectivity index (χ2n) is 6.06. The number of benzene rings is 2. The first-order valence-corrected chi connectivity index (χ1v) is 9.85. The lowest BCUT2D eigenvalue weighted by Gasteiger charge is -2.04. The highest BCUT2D eigenvalue weighted by molar-refractivity contribution is 7.14. The van der Waals surface area contributed by atoms with Gasteiger partial charge in [-0.15, -0.1) is 11.3 Å². The number of amides is 1. The number of carbonyl (C=O) groups is 1. The third-order valence-electron chi connectivity index (χ3n) is 3.94. The van der Waals surface area contributed by atoms with Crippen molar-refractivity contribution < 1.29 is 9.53 Å². The monoisotopic (exact) mass is 394 g/mol. The molecule has 0 spiro atoms. The molecule has 0 saturated heterocycles. The summed E-state index contributed by atoms with van der Waals surface area (Å²) in [5.41, 5.74) is 6.55. The minimum absolute atomic E-state index is 0.0325. The number of methoxy groups -OCH3 is 1. The van der Waals surface area contributed by atoms with Gasteiger partial charge in [0.1, 0.15) is 5.75 Å². The molecule has 0 aliphatic rings. The Bertz CT molecular complexity index is 934. The second-order valence-corrected chi connectivity index (χ2v) is 6.91. The summed E-state index contributed by atoms with van der Waals surface area (Å²) in [6.07, 6.45) is 3.09. The molecule has 7 heteroatoms. The third kappa shape index (κ3) is 5.40. The van der Waals surface area contributed by atoms with E-state index in [1.807, 2.05) is 60.8 Å². The van der Waals surface area contributed by atoms with Crippen molar-refractivity contribution in [3.05, 3.63) is 59.5 Å². The van der Waals surface area contributed by atoms with Gasteiger partial charge in [0.2, 0.25) is 11.0 Å². The van der Waals surface area contributed by atoms with Crippen molar-refractivity contribution >= 4 is 34.3 Å². The highest BCUT2D eigenvalue weighted by atomic mass is 32.1. The average molecular weight is 395 g/mol. The van der Waals surface area contributed by atoms with Crippen LogP contribution >= 0.6 is 11.3 Å². The molecule has 0 aliphatic heterocycles. The first-order valence-electron chi connectivity index (χ1n) is 8.97. The van der Waals surface area contributed by atoms with Gasteiger partial charge in [0, 0.05) is 23.1 Å². The van der Waals surface area contributed by atoms with Crippen LogP contribution in [0.3, 0.4) is 0 Å². The van der Waals surface area contributed by atoms with Crippen LogP contribution in [0.1, 0.15) is 25.3 Å². The van der Waals surface area contributed by atoms with Gasteiger partial charge < -0.3 is 10.1 Å². The van der Waals surface area contributed by atoms with Gasteiger partial charge in [-0.3, -0.25) is 10.2 Å². The molecule has 3 rings (SSSR count). The molecule has 144 valence electrons. The number of ether oxygens (including phenoxy) is 1. The molecule has 0 unspecified atom stereocenters. The Kier molecular flexibility index (Phi) is 6.75. The number of anilines is 2. The fourth-order valence-corrected chi connectivity index (χ4v) is 3.15. The highest BCUT2D eigenvalue weighted by Gasteiger charge is 2.05. The van der Waals surface area contributed by atoms with E-state index in [0.717, 1.165) is 34.7 Å². The van der Waals surface area contributed by atoms with Gasteiger partial charge in [0.25, 0.3) is 0 Å². The molecule has 1 heterocycles. The van der Waals surface area contributed by atoms with Gasteiger partial charge in [0.05, 0.1) is 19.0 Å². The van der Waals surface area contributed by atoms with E-state index >= 15 is 0 Å². The van der Waals surface area contributed by atoms with Gasteiger partial charge in [-0.05, 0) is 48.4 Å². The van der Waals surface area contributed by atoms with Crippen LogP contribution < -0.4 is 15.5 Å². The van der Waals surface area contributed by atoms with Crippen LogP contribution in [0.4, 0.5) is 10.8 Å². The number of rotatable bonds is 8. The van der Waals surface area contributed by atoms with Crippen LogP contribution in [0.15, 0.2) is 59.0 Å². The second kappa shape index (κ2) is 9.66. The molecule has 6 nitrogen and oxygen atoms in total. The maximum Gasteiger partial charge on any atom is 0.224 e. The highest BCUT2D eigenvalue weighted by Crippen LogP contribution is 2.26. The molecule has 28 heavy (non-hydrogen) atoms. The Hall–Kier alpha value is -3.19. The Morgan fingerprint density at radius 1 is 1.18 bits per heavy atom. The van der Waals surface area contributed by atoms with E-state index in [9.17, 15) is 4.79 Å². The maximum atomic E-state index is 11.7. The standard InChI is InChI=1S/C21H22N4O2S/c1-3-4-20(26)23-17-9-7-16(8-10-17)19-14-28-21(24-19)25-22-13-15-5-11-18(27-2)12-6-15/h5-14H,3-4H2,1-2H3,(H,23,26)(H,24,25)/b22-13-. The summed E-state index contributed by atoms with van der Waals surface area (Å²) < 4.78 is 5.14. The van der Waals surface area contributed by atoms with Crippen LogP contribution in [0.25, 0.3) is 11.3 Å². The molecule has 3 aromatic rings. The molecule has 0 radical (unpaired) electrons. The van der Waals surface area contributed by atoms with Crippen LogP contribution in [0.5, 0.6) is 5.75 Å². The summed E-state index contributed by atoms with van der Waals surface area (Å²) in [5, 5.41) is 9.78. The number of nitrogens with zero attached hydrogens (tertiary/aromatic N) is 2. The first kappa shape index (κ1) is 19.6. The molecule has 0 aliphatic carbocycles. The molecule has 0 atom stereocenters. The number of aromatic nitrogens is 1. The van der Waals surface area contributed by atoms with E-state index in [4.69, 9.17) is 4.74 Å². The quantitative estimate of drug-likeness (QED) is 0.416. The van der Waals surface area contributed by atoms with Crippen molar-refractivity contribution in [1.29, 1.82) is 0 Å².